The molecule has 2 heterocycles. The Kier molecular flexibility index (Phi) is 4.72. The minimum atomic E-state index is -0.321. The molecular formula is C20H26N2O5. The van der Waals surface area contributed by atoms with Gasteiger partial charge in [-0.3, -0.25) is 9.59 Å². The first-order chi connectivity index (χ1) is 13.0. The zero-order valence-electron chi connectivity index (χ0n) is 15.8. The molecule has 7 nitrogen and oxygen atoms in total. The fourth-order valence-corrected chi connectivity index (χ4v) is 4.70. The molecule has 3 aliphatic rings. The van der Waals surface area contributed by atoms with Crippen LogP contribution in [0.4, 0.5) is 0 Å². The second-order valence-electron chi connectivity index (χ2n) is 7.56. The zero-order valence-corrected chi connectivity index (χ0v) is 15.8. The number of fused-ring (bicyclic) bond motifs is 2. The van der Waals surface area contributed by atoms with Gasteiger partial charge in [0.25, 0.3) is 5.91 Å². The van der Waals surface area contributed by atoms with Gasteiger partial charge >= 0.3 is 0 Å². The second kappa shape index (κ2) is 7.03. The third-order valence-electron chi connectivity index (χ3n) is 6.05. The van der Waals surface area contributed by atoms with Crippen molar-refractivity contribution in [2.45, 2.75) is 50.3 Å². The molecule has 2 aliphatic heterocycles. The lowest BCUT2D eigenvalue weighted by Crippen LogP contribution is -2.55. The number of carbonyl (C=O) groups excluding carboxylic acids is 2. The van der Waals surface area contributed by atoms with Crippen LogP contribution in [0.2, 0.25) is 0 Å². The number of rotatable bonds is 3. The highest BCUT2D eigenvalue weighted by Gasteiger charge is 2.52. The van der Waals surface area contributed by atoms with Crippen molar-refractivity contribution in [3.05, 3.63) is 23.8 Å². The van der Waals surface area contributed by atoms with E-state index in [9.17, 15) is 9.59 Å². The summed E-state index contributed by atoms with van der Waals surface area (Å²) in [6, 6.07) is 5.37. The van der Waals surface area contributed by atoms with Crippen LogP contribution in [-0.4, -0.2) is 61.3 Å². The van der Waals surface area contributed by atoms with Gasteiger partial charge in [0.15, 0.2) is 11.5 Å². The summed E-state index contributed by atoms with van der Waals surface area (Å²) >= 11 is 0. The minimum absolute atomic E-state index is 0.0284. The molecule has 4 rings (SSSR count). The Morgan fingerprint density at radius 2 is 2.00 bits per heavy atom. The van der Waals surface area contributed by atoms with Crippen LogP contribution in [0.5, 0.6) is 11.5 Å². The summed E-state index contributed by atoms with van der Waals surface area (Å²) < 4.78 is 17.1. The monoisotopic (exact) mass is 374 g/mol. The smallest absolute Gasteiger partial charge is 0.254 e. The van der Waals surface area contributed by atoms with Crippen molar-refractivity contribution in [2.75, 3.05) is 26.9 Å². The summed E-state index contributed by atoms with van der Waals surface area (Å²) in [5, 5.41) is 3.01. The van der Waals surface area contributed by atoms with E-state index in [1.165, 1.54) is 6.92 Å². The first-order valence-corrected chi connectivity index (χ1v) is 9.55. The van der Waals surface area contributed by atoms with E-state index in [0.29, 0.717) is 43.2 Å². The average molecular weight is 374 g/mol. The van der Waals surface area contributed by atoms with Crippen molar-refractivity contribution in [3.8, 4) is 11.5 Å². The van der Waals surface area contributed by atoms with Crippen LogP contribution in [0.3, 0.4) is 0 Å². The summed E-state index contributed by atoms with van der Waals surface area (Å²) in [7, 11) is 1.73. The van der Waals surface area contributed by atoms with Crippen LogP contribution < -0.4 is 14.8 Å². The fraction of sp³-hybridized carbons (Fsp3) is 0.600. The van der Waals surface area contributed by atoms with Gasteiger partial charge in [-0.15, -0.1) is 0 Å². The van der Waals surface area contributed by atoms with Gasteiger partial charge < -0.3 is 24.4 Å². The number of likely N-dealkylation sites (tertiary alicyclic amines) is 1. The summed E-state index contributed by atoms with van der Waals surface area (Å²) in [5.41, 5.74) is 0.270. The maximum atomic E-state index is 13.3. The summed E-state index contributed by atoms with van der Waals surface area (Å²) in [6.45, 7) is 3.20. The molecule has 2 amide bonds. The number of hydrogen-bond donors (Lipinski definition) is 1. The Morgan fingerprint density at radius 3 is 2.74 bits per heavy atom. The number of nitrogens with one attached hydrogen (secondary N) is 1. The molecule has 1 aliphatic carbocycles. The van der Waals surface area contributed by atoms with E-state index in [1.807, 2.05) is 4.90 Å². The fourth-order valence-electron chi connectivity index (χ4n) is 4.70. The van der Waals surface area contributed by atoms with Crippen LogP contribution >= 0.6 is 0 Å². The van der Waals surface area contributed by atoms with E-state index in [2.05, 4.69) is 5.32 Å². The lowest BCUT2D eigenvalue weighted by atomic mass is 9.78. The molecule has 0 aromatic heterocycles. The molecule has 0 unspecified atom stereocenters. The number of ether oxygens (including phenoxy) is 3. The Bertz CT molecular complexity index is 752. The van der Waals surface area contributed by atoms with Gasteiger partial charge in [0.05, 0.1) is 11.6 Å². The molecule has 0 spiro atoms. The van der Waals surface area contributed by atoms with Crippen molar-refractivity contribution in [1.82, 2.24) is 10.2 Å². The van der Waals surface area contributed by atoms with E-state index < -0.39 is 0 Å². The number of hydrogen-bond acceptors (Lipinski definition) is 5. The van der Waals surface area contributed by atoms with Crippen LogP contribution in [0.1, 0.15) is 43.0 Å². The highest BCUT2D eigenvalue weighted by atomic mass is 16.6. The van der Waals surface area contributed by atoms with Crippen molar-refractivity contribution >= 4 is 11.8 Å². The number of nitrogens with zero attached hydrogens (tertiary/aromatic N) is 1. The Balaban J connectivity index is 1.57. The molecule has 7 heteroatoms. The zero-order chi connectivity index (χ0) is 19.0. The van der Waals surface area contributed by atoms with Gasteiger partial charge in [-0.05, 0) is 43.9 Å². The summed E-state index contributed by atoms with van der Waals surface area (Å²) in [6.07, 6.45) is 3.24. The molecule has 0 bridgehead atoms. The largest absolute Gasteiger partial charge is 0.486 e. The molecule has 1 N–H and O–H groups in total. The van der Waals surface area contributed by atoms with E-state index in [4.69, 9.17) is 14.2 Å². The van der Waals surface area contributed by atoms with Gasteiger partial charge in [0.1, 0.15) is 13.2 Å². The molecule has 1 aromatic carbocycles. The normalized spacial score (nSPS) is 29.2. The SMILES string of the molecule is CO[C@@]12CC[C@@H](NC(C)=O)C[C@@H]1N(C(=O)c1ccc3c(c1)OCCO3)CC2. The topological polar surface area (TPSA) is 77.1 Å². The molecule has 1 aromatic rings. The molecule has 27 heavy (non-hydrogen) atoms. The number of benzene rings is 1. The maximum absolute atomic E-state index is 13.3. The van der Waals surface area contributed by atoms with Gasteiger partial charge in [0.2, 0.25) is 5.91 Å². The molecule has 146 valence electrons. The lowest BCUT2D eigenvalue weighted by molar-refractivity contribution is -0.121. The molecule has 1 saturated carbocycles. The van der Waals surface area contributed by atoms with E-state index >= 15 is 0 Å². The Labute approximate surface area is 158 Å². The average Bonchev–Trinajstić information content (AvgIpc) is 3.06. The van der Waals surface area contributed by atoms with Crippen molar-refractivity contribution in [1.29, 1.82) is 0 Å². The molecule has 3 atom stereocenters. The standard InChI is InChI=1S/C20H26N2O5/c1-13(23)21-15-5-6-20(25-2)7-8-22(18(20)12-15)19(24)14-3-4-16-17(11-14)27-10-9-26-16/h3-4,11,15,18H,5-10,12H2,1-2H3,(H,21,23)/t15-,18+,20-/m1/s1. The first-order valence-electron chi connectivity index (χ1n) is 9.55. The quantitative estimate of drug-likeness (QED) is 0.872. The van der Waals surface area contributed by atoms with Crippen molar-refractivity contribution < 1.29 is 23.8 Å². The molecular weight excluding hydrogens is 348 g/mol. The van der Waals surface area contributed by atoms with Gasteiger partial charge in [-0.1, -0.05) is 0 Å². The summed E-state index contributed by atoms with van der Waals surface area (Å²) in [4.78, 5) is 26.6. The predicted molar refractivity (Wildman–Crippen MR) is 98.1 cm³/mol. The minimum Gasteiger partial charge on any atom is -0.486 e. The van der Waals surface area contributed by atoms with Gasteiger partial charge in [-0.2, -0.15) is 0 Å². The highest BCUT2D eigenvalue weighted by Crippen LogP contribution is 2.43. The van der Waals surface area contributed by atoms with Crippen LogP contribution in [0, 0.1) is 0 Å². The Hall–Kier alpha value is -2.28. The summed E-state index contributed by atoms with van der Waals surface area (Å²) in [5.74, 6) is 1.23. The molecule has 2 fully saturated rings. The maximum Gasteiger partial charge on any atom is 0.254 e. The van der Waals surface area contributed by atoms with Crippen molar-refractivity contribution in [2.24, 2.45) is 0 Å². The predicted octanol–water partition coefficient (Wildman–Crippen LogP) is 1.75. The first kappa shape index (κ1) is 18.1. The van der Waals surface area contributed by atoms with Crippen molar-refractivity contribution in [3.63, 3.8) is 0 Å². The second-order valence-corrected chi connectivity index (χ2v) is 7.56. The number of methoxy groups -OCH3 is 1. The van der Waals surface area contributed by atoms with Crippen LogP contribution in [0.25, 0.3) is 0 Å². The third-order valence-corrected chi connectivity index (χ3v) is 6.05. The van der Waals surface area contributed by atoms with E-state index in [-0.39, 0.29) is 29.5 Å². The number of carbonyl (C=O) groups is 2. The Morgan fingerprint density at radius 1 is 1.22 bits per heavy atom. The van der Waals surface area contributed by atoms with E-state index in [0.717, 1.165) is 19.3 Å². The van der Waals surface area contributed by atoms with Crippen LogP contribution in [-0.2, 0) is 9.53 Å². The molecule has 1 saturated heterocycles. The van der Waals surface area contributed by atoms with Gasteiger partial charge in [0, 0.05) is 32.2 Å². The highest BCUT2D eigenvalue weighted by molar-refractivity contribution is 5.95. The van der Waals surface area contributed by atoms with Gasteiger partial charge in [-0.25, -0.2) is 0 Å². The van der Waals surface area contributed by atoms with Crippen LogP contribution in [0.15, 0.2) is 18.2 Å². The molecule has 0 radical (unpaired) electrons. The number of amides is 2. The third kappa shape index (κ3) is 3.25. The van der Waals surface area contributed by atoms with E-state index in [1.54, 1.807) is 25.3 Å². The lowest BCUT2D eigenvalue weighted by Gasteiger charge is -2.43.